The van der Waals surface area contributed by atoms with Gasteiger partial charge in [-0.2, -0.15) is 0 Å². The van der Waals surface area contributed by atoms with Crippen molar-refractivity contribution in [3.8, 4) is 0 Å². The molecule has 3 atom stereocenters. The number of likely N-dealkylation sites (tertiary alicyclic amines) is 1. The van der Waals surface area contributed by atoms with Crippen LogP contribution in [-0.2, 0) is 4.79 Å². The Bertz CT molecular complexity index is 280. The molecule has 1 saturated carbocycles. The number of nitrogens with one attached hydrogen (secondary N) is 1. The van der Waals surface area contributed by atoms with Crippen molar-refractivity contribution < 1.29 is 4.79 Å². The van der Waals surface area contributed by atoms with Gasteiger partial charge in [0.05, 0.1) is 0 Å². The van der Waals surface area contributed by atoms with Gasteiger partial charge in [0.25, 0.3) is 0 Å². The Balaban J connectivity index is 1.83. The molecule has 1 heterocycles. The van der Waals surface area contributed by atoms with Gasteiger partial charge in [-0.05, 0) is 44.6 Å². The van der Waals surface area contributed by atoms with Gasteiger partial charge in [-0.25, -0.2) is 0 Å². The predicted molar refractivity (Wildman–Crippen MR) is 74.4 cm³/mol. The van der Waals surface area contributed by atoms with Crippen LogP contribution in [0.4, 0.5) is 0 Å². The Kier molecular flexibility index (Phi) is 5.04. The first-order chi connectivity index (χ1) is 8.70. The van der Waals surface area contributed by atoms with Crippen molar-refractivity contribution in [3.63, 3.8) is 0 Å². The Morgan fingerprint density at radius 1 is 1.28 bits per heavy atom. The third-order valence-corrected chi connectivity index (χ3v) is 4.65. The molecule has 0 bridgehead atoms. The Morgan fingerprint density at radius 2 is 2.11 bits per heavy atom. The maximum Gasteiger partial charge on any atom is 0.223 e. The molecule has 18 heavy (non-hydrogen) atoms. The van der Waals surface area contributed by atoms with Crippen molar-refractivity contribution in [1.29, 1.82) is 0 Å². The van der Waals surface area contributed by atoms with E-state index in [0.717, 1.165) is 25.4 Å². The van der Waals surface area contributed by atoms with E-state index in [1.807, 2.05) is 7.05 Å². The largest absolute Gasteiger partial charge is 0.338 e. The number of hydrogen-bond donors (Lipinski definition) is 1. The molecule has 1 aliphatic heterocycles. The highest BCUT2D eigenvalue weighted by Gasteiger charge is 2.30. The van der Waals surface area contributed by atoms with Crippen LogP contribution in [0.5, 0.6) is 0 Å². The third kappa shape index (κ3) is 3.47. The Hall–Kier alpha value is -0.570. The molecule has 1 aliphatic carbocycles. The molecule has 1 N–H and O–H groups in total. The molecule has 3 heteroatoms. The van der Waals surface area contributed by atoms with Crippen LogP contribution < -0.4 is 5.32 Å². The number of amides is 1. The van der Waals surface area contributed by atoms with Crippen molar-refractivity contribution in [2.75, 3.05) is 20.1 Å². The summed E-state index contributed by atoms with van der Waals surface area (Å²) < 4.78 is 0. The summed E-state index contributed by atoms with van der Waals surface area (Å²) in [4.78, 5) is 14.5. The molecule has 0 aromatic rings. The van der Waals surface area contributed by atoms with Crippen LogP contribution >= 0.6 is 0 Å². The van der Waals surface area contributed by atoms with Crippen LogP contribution in [0.2, 0.25) is 0 Å². The fourth-order valence-corrected chi connectivity index (χ4v) is 3.72. The van der Waals surface area contributed by atoms with Crippen molar-refractivity contribution in [1.82, 2.24) is 10.2 Å². The van der Waals surface area contributed by atoms with Crippen molar-refractivity contribution in [2.24, 2.45) is 11.8 Å². The molecular weight excluding hydrogens is 224 g/mol. The second kappa shape index (κ2) is 6.55. The van der Waals surface area contributed by atoms with Crippen LogP contribution in [0.15, 0.2) is 0 Å². The van der Waals surface area contributed by atoms with Gasteiger partial charge in [-0.3, -0.25) is 4.79 Å². The van der Waals surface area contributed by atoms with Gasteiger partial charge in [0, 0.05) is 25.6 Å². The number of rotatable bonds is 4. The van der Waals surface area contributed by atoms with E-state index in [-0.39, 0.29) is 0 Å². The number of nitrogens with zero attached hydrogens (tertiary/aromatic N) is 1. The molecule has 1 amide bonds. The first-order valence-electron chi connectivity index (χ1n) is 7.64. The molecule has 0 unspecified atom stereocenters. The number of carbonyl (C=O) groups excluding carboxylic acids is 1. The molecule has 2 rings (SSSR count). The standard InChI is InChI=1S/C15H28N2O/c1-12-5-3-6-13(9-12)10-15(18)17-8-4-7-14(17)11-16-2/h12-14,16H,3-11H2,1-2H3/t12-,13+,14-/m0/s1. The molecule has 0 aromatic heterocycles. The van der Waals surface area contributed by atoms with Crippen molar-refractivity contribution in [2.45, 2.75) is 57.9 Å². The van der Waals surface area contributed by atoms with Crippen molar-refractivity contribution in [3.05, 3.63) is 0 Å². The number of carbonyl (C=O) groups is 1. The Morgan fingerprint density at radius 3 is 2.83 bits per heavy atom. The fraction of sp³-hybridized carbons (Fsp3) is 0.933. The first-order valence-corrected chi connectivity index (χ1v) is 7.64. The minimum Gasteiger partial charge on any atom is -0.338 e. The van der Waals surface area contributed by atoms with E-state index < -0.39 is 0 Å². The highest BCUT2D eigenvalue weighted by molar-refractivity contribution is 5.77. The van der Waals surface area contributed by atoms with E-state index in [2.05, 4.69) is 17.1 Å². The minimum absolute atomic E-state index is 0.409. The van der Waals surface area contributed by atoms with E-state index in [9.17, 15) is 4.79 Å². The van der Waals surface area contributed by atoms with Crippen molar-refractivity contribution >= 4 is 5.91 Å². The predicted octanol–water partition coefficient (Wildman–Crippen LogP) is 2.41. The van der Waals surface area contributed by atoms with E-state index in [1.165, 1.54) is 38.5 Å². The second-order valence-electron chi connectivity index (χ2n) is 6.28. The quantitative estimate of drug-likeness (QED) is 0.833. The lowest BCUT2D eigenvalue weighted by Gasteiger charge is -2.30. The topological polar surface area (TPSA) is 32.3 Å². The van der Waals surface area contributed by atoms with Gasteiger partial charge in [0.1, 0.15) is 0 Å². The summed E-state index contributed by atoms with van der Waals surface area (Å²) in [7, 11) is 1.98. The maximum absolute atomic E-state index is 12.4. The summed E-state index contributed by atoms with van der Waals surface area (Å²) >= 11 is 0. The highest BCUT2D eigenvalue weighted by atomic mass is 16.2. The first kappa shape index (κ1) is 13.9. The SMILES string of the molecule is CNC[C@@H]1CCCN1C(=O)C[C@@H]1CCC[C@H](C)C1. The van der Waals surface area contributed by atoms with Gasteiger partial charge in [0.15, 0.2) is 0 Å². The molecule has 0 radical (unpaired) electrons. The Labute approximate surface area is 111 Å². The van der Waals surface area contributed by atoms with Gasteiger partial charge in [-0.15, -0.1) is 0 Å². The smallest absolute Gasteiger partial charge is 0.223 e. The van der Waals surface area contributed by atoms with Crippen LogP contribution in [0.25, 0.3) is 0 Å². The minimum atomic E-state index is 0.409. The lowest BCUT2D eigenvalue weighted by molar-refractivity contribution is -0.133. The van der Waals surface area contributed by atoms with Crippen LogP contribution in [0.3, 0.4) is 0 Å². The molecule has 2 fully saturated rings. The van der Waals surface area contributed by atoms with E-state index in [0.29, 0.717) is 17.9 Å². The maximum atomic E-state index is 12.4. The summed E-state index contributed by atoms with van der Waals surface area (Å²) in [6.07, 6.45) is 8.35. The van der Waals surface area contributed by atoms with Crippen LogP contribution in [0.1, 0.15) is 51.9 Å². The molecule has 1 saturated heterocycles. The summed E-state index contributed by atoms with van der Waals surface area (Å²) in [5.41, 5.74) is 0. The fourth-order valence-electron chi connectivity index (χ4n) is 3.72. The van der Waals surface area contributed by atoms with E-state index in [1.54, 1.807) is 0 Å². The zero-order valence-electron chi connectivity index (χ0n) is 12.0. The summed E-state index contributed by atoms with van der Waals surface area (Å²) in [6, 6.07) is 0.448. The van der Waals surface area contributed by atoms with Gasteiger partial charge >= 0.3 is 0 Å². The van der Waals surface area contributed by atoms with Gasteiger partial charge in [-0.1, -0.05) is 19.8 Å². The number of hydrogen-bond acceptors (Lipinski definition) is 2. The average molecular weight is 252 g/mol. The molecule has 0 aromatic carbocycles. The van der Waals surface area contributed by atoms with Crippen LogP contribution in [-0.4, -0.2) is 37.0 Å². The van der Waals surface area contributed by atoms with Gasteiger partial charge in [0.2, 0.25) is 5.91 Å². The third-order valence-electron chi connectivity index (χ3n) is 4.65. The van der Waals surface area contributed by atoms with E-state index in [4.69, 9.17) is 0 Å². The second-order valence-corrected chi connectivity index (χ2v) is 6.28. The summed E-state index contributed by atoms with van der Waals surface area (Å²) in [5.74, 6) is 1.88. The highest BCUT2D eigenvalue weighted by Crippen LogP contribution is 2.31. The monoisotopic (exact) mass is 252 g/mol. The lowest BCUT2D eigenvalue weighted by Crippen LogP contribution is -2.41. The molecule has 104 valence electrons. The molecule has 3 nitrogen and oxygen atoms in total. The molecule has 2 aliphatic rings. The van der Waals surface area contributed by atoms with E-state index >= 15 is 0 Å². The molecule has 0 spiro atoms. The molecular formula is C15H28N2O. The zero-order valence-corrected chi connectivity index (χ0v) is 12.0. The summed E-state index contributed by atoms with van der Waals surface area (Å²) in [5, 5.41) is 3.21. The van der Waals surface area contributed by atoms with Crippen LogP contribution in [0, 0.1) is 11.8 Å². The number of likely N-dealkylation sites (N-methyl/N-ethyl adjacent to an activating group) is 1. The average Bonchev–Trinajstić information content (AvgIpc) is 2.78. The normalized spacial score (nSPS) is 32.8. The lowest BCUT2D eigenvalue weighted by atomic mass is 9.80. The summed E-state index contributed by atoms with van der Waals surface area (Å²) in [6.45, 7) is 4.26. The van der Waals surface area contributed by atoms with Gasteiger partial charge < -0.3 is 10.2 Å². The zero-order chi connectivity index (χ0) is 13.0.